The molecule has 3 fully saturated rings. The van der Waals surface area contributed by atoms with E-state index in [1.807, 2.05) is 0 Å². The van der Waals surface area contributed by atoms with Crippen LogP contribution in [0.2, 0.25) is 0 Å². The minimum Gasteiger partial charge on any atom is -0.493 e. The molecule has 5 N–H and O–H groups in total. The van der Waals surface area contributed by atoms with E-state index in [1.54, 1.807) is 30.4 Å². The first-order valence-electron chi connectivity index (χ1n) is 12.5. The second kappa shape index (κ2) is 11.0. The Hall–Kier alpha value is -2.75. The molecule has 4 aliphatic rings. The maximum Gasteiger partial charge on any atom is 0.331 e. The standard InChI is InChI=1S/C26H32O13/c1-33-14-5-3-12(9-15(14)34-2)4-6-17(29)37-22-13-7-8-35-24(18(13)26(11-28)23(22)39-26)38-25-21(32)20(31)19(30)16(10-27)36-25/h3-9,13,16,18-25,27-28,30-32H,10-11H2,1-2H3/t13-,16-,18-,19-,20+,21-,22+,23+,24+,25+,26-/m1/s1. The molecular formula is C26H32O13. The van der Waals surface area contributed by atoms with E-state index in [2.05, 4.69) is 0 Å². The van der Waals surface area contributed by atoms with Crippen molar-refractivity contribution in [2.24, 2.45) is 11.8 Å². The molecule has 1 saturated carbocycles. The number of methoxy groups -OCH3 is 2. The lowest BCUT2D eigenvalue weighted by Gasteiger charge is -2.43. The molecule has 1 aromatic rings. The van der Waals surface area contributed by atoms with Crippen molar-refractivity contribution in [1.82, 2.24) is 0 Å². The Kier molecular flexibility index (Phi) is 7.86. The molecule has 0 unspecified atom stereocenters. The van der Waals surface area contributed by atoms with Crippen molar-refractivity contribution in [3.8, 4) is 11.5 Å². The predicted octanol–water partition coefficient (Wildman–Crippen LogP) is -1.31. The summed E-state index contributed by atoms with van der Waals surface area (Å²) in [4.78, 5) is 12.8. The van der Waals surface area contributed by atoms with Gasteiger partial charge in [0.1, 0.15) is 42.2 Å². The van der Waals surface area contributed by atoms with Crippen LogP contribution in [-0.4, -0.2) is 114 Å². The SMILES string of the molecule is COc1ccc(C=CC(=O)O[C@H]2[C@@H]3C=CO[C@@H](O[C@@H]4O[C@H](CO)[C@@H](O)[C@H](O)[C@H]4O)[C@@H]3[C@@]3(CO)O[C@@H]23)cc1OC. The van der Waals surface area contributed by atoms with E-state index in [0.29, 0.717) is 17.1 Å². The van der Waals surface area contributed by atoms with Gasteiger partial charge in [0.15, 0.2) is 17.8 Å². The van der Waals surface area contributed by atoms with Gasteiger partial charge in [-0.05, 0) is 29.8 Å². The summed E-state index contributed by atoms with van der Waals surface area (Å²) in [5, 5.41) is 50.2. The normalized spacial score (nSPS) is 40.5. The third-order valence-corrected chi connectivity index (χ3v) is 7.67. The summed E-state index contributed by atoms with van der Waals surface area (Å²) in [7, 11) is 3.03. The number of carbonyl (C=O) groups is 1. The van der Waals surface area contributed by atoms with E-state index in [9.17, 15) is 30.3 Å². The zero-order valence-corrected chi connectivity index (χ0v) is 21.2. The fraction of sp³-hybridized carbons (Fsp3) is 0.577. The molecule has 214 valence electrons. The van der Waals surface area contributed by atoms with Gasteiger partial charge in [0.25, 0.3) is 0 Å². The van der Waals surface area contributed by atoms with Crippen LogP contribution in [0.3, 0.4) is 0 Å². The molecule has 2 saturated heterocycles. The van der Waals surface area contributed by atoms with Crippen LogP contribution in [0.4, 0.5) is 0 Å². The van der Waals surface area contributed by atoms with Crippen LogP contribution >= 0.6 is 0 Å². The lowest BCUT2D eigenvalue weighted by molar-refractivity contribution is -0.344. The van der Waals surface area contributed by atoms with Crippen molar-refractivity contribution in [1.29, 1.82) is 0 Å². The van der Waals surface area contributed by atoms with Gasteiger partial charge in [-0.3, -0.25) is 0 Å². The number of carbonyl (C=O) groups excluding carboxylic acids is 1. The number of aliphatic hydroxyl groups is 5. The molecule has 0 aromatic heterocycles. The zero-order chi connectivity index (χ0) is 27.9. The highest BCUT2D eigenvalue weighted by Gasteiger charge is 2.77. The summed E-state index contributed by atoms with van der Waals surface area (Å²) in [5.41, 5.74) is -0.452. The lowest BCUT2D eigenvalue weighted by Crippen LogP contribution is -2.60. The van der Waals surface area contributed by atoms with Gasteiger partial charge in [-0.1, -0.05) is 6.07 Å². The first-order chi connectivity index (χ1) is 18.8. The Morgan fingerprint density at radius 2 is 1.82 bits per heavy atom. The van der Waals surface area contributed by atoms with Crippen LogP contribution in [0, 0.1) is 11.8 Å². The summed E-state index contributed by atoms with van der Waals surface area (Å²) in [6.07, 6.45) is -4.14. The summed E-state index contributed by atoms with van der Waals surface area (Å²) < 4.78 is 39.0. The predicted molar refractivity (Wildman–Crippen MR) is 129 cm³/mol. The third kappa shape index (κ3) is 4.89. The molecule has 3 heterocycles. The number of aliphatic hydroxyl groups excluding tert-OH is 5. The van der Waals surface area contributed by atoms with Gasteiger partial charge in [0, 0.05) is 12.0 Å². The Morgan fingerprint density at radius 3 is 2.51 bits per heavy atom. The number of hydrogen-bond donors (Lipinski definition) is 5. The van der Waals surface area contributed by atoms with Crippen molar-refractivity contribution in [3.05, 3.63) is 42.2 Å². The van der Waals surface area contributed by atoms with Gasteiger partial charge in [-0.15, -0.1) is 0 Å². The fourth-order valence-corrected chi connectivity index (χ4v) is 5.58. The summed E-state index contributed by atoms with van der Waals surface area (Å²) >= 11 is 0. The van der Waals surface area contributed by atoms with Crippen LogP contribution in [0.5, 0.6) is 11.5 Å². The molecule has 0 spiro atoms. The third-order valence-electron chi connectivity index (χ3n) is 7.67. The number of hydrogen-bond acceptors (Lipinski definition) is 13. The van der Waals surface area contributed by atoms with Crippen LogP contribution in [-0.2, 0) is 28.5 Å². The maximum absolute atomic E-state index is 12.8. The number of benzene rings is 1. The number of ether oxygens (including phenoxy) is 7. The average Bonchev–Trinajstić information content (AvgIpc) is 3.63. The van der Waals surface area contributed by atoms with Crippen LogP contribution in [0.25, 0.3) is 6.08 Å². The minimum atomic E-state index is -1.64. The van der Waals surface area contributed by atoms with E-state index >= 15 is 0 Å². The molecule has 0 amide bonds. The van der Waals surface area contributed by atoms with E-state index in [0.717, 1.165) is 0 Å². The molecule has 11 atom stereocenters. The molecule has 1 aromatic carbocycles. The maximum atomic E-state index is 12.8. The van der Waals surface area contributed by atoms with Crippen LogP contribution in [0.15, 0.2) is 36.6 Å². The Bertz CT molecular complexity index is 1110. The molecule has 0 bridgehead atoms. The molecule has 39 heavy (non-hydrogen) atoms. The van der Waals surface area contributed by atoms with Crippen molar-refractivity contribution in [2.75, 3.05) is 27.4 Å². The smallest absolute Gasteiger partial charge is 0.331 e. The van der Waals surface area contributed by atoms with Crippen molar-refractivity contribution in [2.45, 2.75) is 54.8 Å². The average molecular weight is 553 g/mol. The highest BCUT2D eigenvalue weighted by atomic mass is 16.8. The Labute approximate surface area is 223 Å². The molecule has 5 rings (SSSR count). The van der Waals surface area contributed by atoms with Gasteiger partial charge in [-0.25, -0.2) is 4.79 Å². The molecule has 0 radical (unpaired) electrons. The second-order valence-electron chi connectivity index (χ2n) is 9.77. The number of epoxide rings is 1. The topological polar surface area (TPSA) is 186 Å². The van der Waals surface area contributed by atoms with E-state index < -0.39 is 85.8 Å². The summed E-state index contributed by atoms with van der Waals surface area (Å²) in [6, 6.07) is 5.17. The molecule has 13 heteroatoms. The zero-order valence-electron chi connectivity index (χ0n) is 21.2. The highest BCUT2D eigenvalue weighted by molar-refractivity contribution is 5.87. The number of rotatable bonds is 9. The summed E-state index contributed by atoms with van der Waals surface area (Å²) in [5.74, 6) is -0.727. The van der Waals surface area contributed by atoms with Crippen LogP contribution in [0.1, 0.15) is 5.56 Å². The van der Waals surface area contributed by atoms with Gasteiger partial charge in [0.2, 0.25) is 6.29 Å². The van der Waals surface area contributed by atoms with Crippen molar-refractivity contribution >= 4 is 12.0 Å². The van der Waals surface area contributed by atoms with E-state index in [1.165, 1.54) is 26.6 Å². The lowest BCUT2D eigenvalue weighted by atomic mass is 9.85. The monoisotopic (exact) mass is 552 g/mol. The Balaban J connectivity index is 1.29. The highest BCUT2D eigenvalue weighted by Crippen LogP contribution is 2.60. The minimum absolute atomic E-state index is 0.417. The summed E-state index contributed by atoms with van der Waals surface area (Å²) in [6.45, 7) is -1.04. The second-order valence-corrected chi connectivity index (χ2v) is 9.77. The van der Waals surface area contributed by atoms with Gasteiger partial charge >= 0.3 is 5.97 Å². The quantitative estimate of drug-likeness (QED) is 0.138. The van der Waals surface area contributed by atoms with E-state index in [4.69, 9.17) is 33.2 Å². The van der Waals surface area contributed by atoms with E-state index in [-0.39, 0.29) is 0 Å². The number of fused-ring (bicyclic) bond motifs is 3. The molecule has 3 aliphatic heterocycles. The number of esters is 1. The molecule has 13 nitrogen and oxygen atoms in total. The van der Waals surface area contributed by atoms with Gasteiger partial charge in [-0.2, -0.15) is 0 Å². The van der Waals surface area contributed by atoms with Crippen molar-refractivity contribution in [3.63, 3.8) is 0 Å². The largest absolute Gasteiger partial charge is 0.493 e. The van der Waals surface area contributed by atoms with Gasteiger partial charge in [0.05, 0.1) is 39.6 Å². The molecular weight excluding hydrogens is 520 g/mol. The Morgan fingerprint density at radius 1 is 1.05 bits per heavy atom. The van der Waals surface area contributed by atoms with Crippen molar-refractivity contribution < 1.29 is 63.5 Å². The first-order valence-corrected chi connectivity index (χ1v) is 12.5. The first kappa shape index (κ1) is 27.8. The fourth-order valence-electron chi connectivity index (χ4n) is 5.58. The van der Waals surface area contributed by atoms with Gasteiger partial charge < -0.3 is 58.7 Å². The van der Waals surface area contributed by atoms with Crippen LogP contribution < -0.4 is 9.47 Å². The molecule has 1 aliphatic carbocycles.